The van der Waals surface area contributed by atoms with Gasteiger partial charge in [0.1, 0.15) is 15.9 Å². The lowest BCUT2D eigenvalue weighted by Gasteiger charge is -2.07. The quantitative estimate of drug-likeness (QED) is 0.839. The molecule has 0 aliphatic rings. The van der Waals surface area contributed by atoms with Crippen LogP contribution in [0.3, 0.4) is 0 Å². The number of rotatable bonds is 4. The van der Waals surface area contributed by atoms with Gasteiger partial charge in [-0.25, -0.2) is 0 Å². The summed E-state index contributed by atoms with van der Waals surface area (Å²) in [5, 5.41) is 13.4. The van der Waals surface area contributed by atoms with Crippen molar-refractivity contribution in [3.63, 3.8) is 0 Å². The first-order valence-corrected chi connectivity index (χ1v) is 7.85. The summed E-state index contributed by atoms with van der Waals surface area (Å²) in [6, 6.07) is 10.5. The van der Waals surface area contributed by atoms with Crippen molar-refractivity contribution >= 4 is 33.8 Å². The third-order valence-corrected chi connectivity index (χ3v) is 4.77. The predicted octanol–water partition coefficient (Wildman–Crippen LogP) is 3.84. The number of thiophene rings is 1. The topological polar surface area (TPSA) is 61.8 Å². The lowest BCUT2D eigenvalue weighted by Crippen LogP contribution is -1.99. The molecule has 0 aliphatic carbocycles. The highest BCUT2D eigenvalue weighted by Crippen LogP contribution is 2.41. The predicted molar refractivity (Wildman–Crippen MR) is 83.7 cm³/mol. The number of benzene rings is 1. The molecule has 3 N–H and O–H groups in total. The van der Waals surface area contributed by atoms with Gasteiger partial charge in [-0.3, -0.25) is 0 Å². The molecule has 0 aliphatic heterocycles. The molecule has 0 amide bonds. The zero-order chi connectivity index (χ0) is 13.8. The summed E-state index contributed by atoms with van der Waals surface area (Å²) in [6.45, 7) is 2.81. The largest absolute Gasteiger partial charge is 0.396 e. The summed E-state index contributed by atoms with van der Waals surface area (Å²) in [7, 11) is 0. The van der Waals surface area contributed by atoms with Crippen LogP contribution in [-0.2, 0) is 6.54 Å². The maximum Gasteiger partial charge on any atom is 0.131 e. The molecule has 0 saturated carbocycles. The van der Waals surface area contributed by atoms with E-state index in [1.165, 1.54) is 22.5 Å². The van der Waals surface area contributed by atoms with Crippen LogP contribution in [0.2, 0.25) is 0 Å². The Bertz CT molecular complexity index is 626. The summed E-state index contributed by atoms with van der Waals surface area (Å²) < 4.78 is 0. The Balaban J connectivity index is 2.18. The average Bonchev–Trinajstić information content (AvgIpc) is 2.72. The van der Waals surface area contributed by atoms with Crippen molar-refractivity contribution in [2.75, 3.05) is 17.3 Å². The maximum atomic E-state index is 9.02. The summed E-state index contributed by atoms with van der Waals surface area (Å²) in [4.78, 5) is 1.55. The molecule has 98 valence electrons. The lowest BCUT2D eigenvalue weighted by atomic mass is 10.1. The Hall–Kier alpha value is -1.64. The van der Waals surface area contributed by atoms with Crippen molar-refractivity contribution in [2.24, 2.45) is 0 Å². The first kappa shape index (κ1) is 13.8. The molecular weight excluding hydrogens is 274 g/mol. The van der Waals surface area contributed by atoms with Crippen LogP contribution >= 0.6 is 23.1 Å². The molecule has 1 aromatic heterocycles. The fourth-order valence-electron chi connectivity index (χ4n) is 1.84. The highest BCUT2D eigenvalue weighted by molar-refractivity contribution is 7.99. The number of anilines is 2. The number of hydrogen-bond acceptors (Lipinski definition) is 5. The van der Waals surface area contributed by atoms with Gasteiger partial charge in [0, 0.05) is 6.54 Å². The summed E-state index contributed by atoms with van der Waals surface area (Å²) in [6.07, 6.45) is 1.97. The molecule has 0 bridgehead atoms. The minimum atomic E-state index is 0.580. The van der Waals surface area contributed by atoms with Crippen molar-refractivity contribution in [2.45, 2.75) is 18.4 Å². The van der Waals surface area contributed by atoms with Crippen LogP contribution in [0.15, 0.2) is 29.2 Å². The number of thioether (sulfide) groups is 1. The normalized spacial score (nSPS) is 10.2. The lowest BCUT2D eigenvalue weighted by molar-refractivity contribution is 1.14. The van der Waals surface area contributed by atoms with Gasteiger partial charge in [-0.05, 0) is 18.7 Å². The smallest absolute Gasteiger partial charge is 0.131 e. The first-order valence-electron chi connectivity index (χ1n) is 5.81. The molecule has 0 radical (unpaired) electrons. The third-order valence-electron chi connectivity index (χ3n) is 2.74. The second-order valence-corrected chi connectivity index (χ2v) is 6.00. The molecule has 19 heavy (non-hydrogen) atoms. The van der Waals surface area contributed by atoms with E-state index in [1.807, 2.05) is 12.3 Å². The van der Waals surface area contributed by atoms with Crippen LogP contribution in [0, 0.1) is 18.3 Å². The van der Waals surface area contributed by atoms with Crippen LogP contribution in [-0.4, -0.2) is 6.26 Å². The Labute approximate surface area is 121 Å². The van der Waals surface area contributed by atoms with Gasteiger partial charge in [0.25, 0.3) is 0 Å². The molecule has 3 nitrogen and oxygen atoms in total. The molecular formula is C14H15N3S2. The standard InChI is InChI=1S/C14H15N3S2/c1-9-4-3-5-10(6-9)8-17-14-13(18-2)12(16)11(7-15)19-14/h3-6,17H,8,16H2,1-2H3. The van der Waals surface area contributed by atoms with Gasteiger partial charge in [0.15, 0.2) is 0 Å². The minimum absolute atomic E-state index is 0.580. The molecule has 2 aromatic rings. The van der Waals surface area contributed by atoms with Gasteiger partial charge in [-0.15, -0.1) is 23.1 Å². The minimum Gasteiger partial charge on any atom is -0.396 e. The Morgan fingerprint density at radius 1 is 1.47 bits per heavy atom. The van der Waals surface area contributed by atoms with Crippen molar-refractivity contribution in [3.05, 3.63) is 40.3 Å². The summed E-state index contributed by atoms with van der Waals surface area (Å²) in [5.41, 5.74) is 9.00. The van der Waals surface area contributed by atoms with Gasteiger partial charge >= 0.3 is 0 Å². The monoisotopic (exact) mass is 289 g/mol. The van der Waals surface area contributed by atoms with Crippen LogP contribution in [0.5, 0.6) is 0 Å². The van der Waals surface area contributed by atoms with E-state index in [0.29, 0.717) is 10.6 Å². The zero-order valence-electron chi connectivity index (χ0n) is 10.9. The molecule has 1 aromatic carbocycles. The fourth-order valence-corrected chi connectivity index (χ4v) is 3.66. The summed E-state index contributed by atoms with van der Waals surface area (Å²) >= 11 is 2.98. The highest BCUT2D eigenvalue weighted by atomic mass is 32.2. The second-order valence-electron chi connectivity index (χ2n) is 4.16. The molecule has 1 heterocycles. The number of nitrogens with two attached hydrogens (primary N) is 1. The van der Waals surface area contributed by atoms with E-state index < -0.39 is 0 Å². The van der Waals surface area contributed by atoms with Gasteiger partial charge in [-0.2, -0.15) is 5.26 Å². The Morgan fingerprint density at radius 3 is 2.89 bits per heavy atom. The average molecular weight is 289 g/mol. The van der Waals surface area contributed by atoms with E-state index >= 15 is 0 Å². The Morgan fingerprint density at radius 2 is 2.26 bits per heavy atom. The maximum absolute atomic E-state index is 9.02. The van der Waals surface area contributed by atoms with Crippen molar-refractivity contribution in [3.8, 4) is 6.07 Å². The molecule has 5 heteroatoms. The number of aryl methyl sites for hydroxylation is 1. The van der Waals surface area contributed by atoms with Gasteiger partial charge in [0.05, 0.1) is 10.6 Å². The van der Waals surface area contributed by atoms with Crippen LogP contribution in [0.25, 0.3) is 0 Å². The van der Waals surface area contributed by atoms with Crippen LogP contribution < -0.4 is 11.1 Å². The van der Waals surface area contributed by atoms with Crippen LogP contribution in [0.1, 0.15) is 16.0 Å². The molecule has 0 unspecified atom stereocenters. The number of hydrogen-bond donors (Lipinski definition) is 2. The van der Waals surface area contributed by atoms with Crippen LogP contribution in [0.4, 0.5) is 10.7 Å². The van der Waals surface area contributed by atoms with Gasteiger partial charge < -0.3 is 11.1 Å². The molecule has 2 rings (SSSR count). The highest BCUT2D eigenvalue weighted by Gasteiger charge is 2.14. The van der Waals surface area contributed by atoms with E-state index in [4.69, 9.17) is 11.0 Å². The second kappa shape index (κ2) is 6.00. The number of nitrogen functional groups attached to an aromatic ring is 1. The molecule has 0 fully saturated rings. The van der Waals surface area contributed by atoms with E-state index in [-0.39, 0.29) is 0 Å². The molecule has 0 atom stereocenters. The van der Waals surface area contributed by atoms with Crippen molar-refractivity contribution in [1.29, 1.82) is 5.26 Å². The number of nitrogens with one attached hydrogen (secondary N) is 1. The first-order chi connectivity index (χ1) is 9.15. The summed E-state index contributed by atoms with van der Waals surface area (Å²) in [5.74, 6) is 0. The zero-order valence-corrected chi connectivity index (χ0v) is 12.5. The van der Waals surface area contributed by atoms with E-state index in [1.54, 1.807) is 11.8 Å². The van der Waals surface area contributed by atoms with E-state index in [0.717, 1.165) is 16.4 Å². The van der Waals surface area contributed by atoms with Gasteiger partial charge in [-0.1, -0.05) is 29.8 Å². The van der Waals surface area contributed by atoms with Crippen molar-refractivity contribution in [1.82, 2.24) is 0 Å². The molecule has 0 spiro atoms. The van der Waals surface area contributed by atoms with E-state index in [2.05, 4.69) is 36.5 Å². The number of nitriles is 1. The SMILES string of the molecule is CSc1c(NCc2cccc(C)c2)sc(C#N)c1N. The third kappa shape index (κ3) is 3.03. The van der Waals surface area contributed by atoms with E-state index in [9.17, 15) is 0 Å². The fraction of sp³-hybridized carbons (Fsp3) is 0.214. The van der Waals surface area contributed by atoms with Gasteiger partial charge in [0.2, 0.25) is 0 Å². The number of nitrogens with zero attached hydrogens (tertiary/aromatic N) is 1. The Kier molecular flexibility index (Phi) is 4.35. The van der Waals surface area contributed by atoms with Crippen molar-refractivity contribution < 1.29 is 0 Å². The molecule has 0 saturated heterocycles.